The largest absolute Gasteiger partial charge is 0.388 e. The van der Waals surface area contributed by atoms with Gasteiger partial charge in [0.15, 0.2) is 0 Å². The number of nitrogens with one attached hydrogen (secondary N) is 1. The van der Waals surface area contributed by atoms with Crippen molar-refractivity contribution in [2.24, 2.45) is 10.7 Å². The van der Waals surface area contributed by atoms with Crippen LogP contribution in [-0.2, 0) is 9.53 Å². The van der Waals surface area contributed by atoms with Gasteiger partial charge in [-0.15, -0.1) is 0 Å². The van der Waals surface area contributed by atoms with Crippen molar-refractivity contribution in [1.82, 2.24) is 5.32 Å². The normalized spacial score (nSPS) is 26.7. The molecule has 0 aromatic carbocycles. The van der Waals surface area contributed by atoms with Crippen LogP contribution in [0.1, 0.15) is 53.9 Å². The van der Waals surface area contributed by atoms with Crippen molar-refractivity contribution in [2.75, 3.05) is 0 Å². The molecule has 3 unspecified atom stereocenters. The van der Waals surface area contributed by atoms with Crippen LogP contribution in [0, 0.1) is 0 Å². The molecule has 0 aromatic heterocycles. The van der Waals surface area contributed by atoms with E-state index in [0.29, 0.717) is 5.84 Å². The van der Waals surface area contributed by atoms with Gasteiger partial charge in [0.2, 0.25) is 5.91 Å². The molecule has 5 heteroatoms. The summed E-state index contributed by atoms with van der Waals surface area (Å²) in [7, 11) is 0. The van der Waals surface area contributed by atoms with Gasteiger partial charge in [0.25, 0.3) is 0 Å². The smallest absolute Gasteiger partial charge is 0.217 e. The molecular formula is C16H29N3O2. The number of ether oxygens (including phenoxy) is 1. The van der Waals surface area contributed by atoms with Crippen molar-refractivity contribution >= 4 is 11.7 Å². The van der Waals surface area contributed by atoms with Gasteiger partial charge in [0.1, 0.15) is 0 Å². The Hall–Kier alpha value is -1.36. The number of nitrogens with two attached hydrogens (primary N) is 1. The number of hydrogen-bond acceptors (Lipinski definition) is 3. The number of carbonyl (C=O) groups excluding carboxylic acids is 1. The monoisotopic (exact) mass is 295 g/mol. The van der Waals surface area contributed by atoms with E-state index in [1.54, 1.807) is 6.92 Å². The Morgan fingerprint density at radius 2 is 2.10 bits per heavy atom. The molecule has 1 rings (SSSR count). The molecule has 0 saturated heterocycles. The maximum absolute atomic E-state index is 11.5. The van der Waals surface area contributed by atoms with Crippen molar-refractivity contribution in [3.8, 4) is 0 Å². The molecule has 0 fully saturated rings. The number of nitrogens with zero attached hydrogens (tertiary/aromatic N) is 1. The van der Waals surface area contributed by atoms with Crippen LogP contribution in [0.15, 0.2) is 16.6 Å². The second kappa shape index (κ2) is 8.17. The summed E-state index contributed by atoms with van der Waals surface area (Å²) < 4.78 is 6.18. The maximum Gasteiger partial charge on any atom is 0.217 e. The van der Waals surface area contributed by atoms with Crippen molar-refractivity contribution in [2.45, 2.75) is 78.2 Å². The van der Waals surface area contributed by atoms with E-state index in [1.165, 1.54) is 12.5 Å². The first-order chi connectivity index (χ1) is 9.87. The number of amidine groups is 1. The van der Waals surface area contributed by atoms with Gasteiger partial charge in [-0.3, -0.25) is 9.79 Å². The summed E-state index contributed by atoms with van der Waals surface area (Å²) in [4.78, 5) is 16.0. The topological polar surface area (TPSA) is 76.7 Å². The van der Waals surface area contributed by atoms with Crippen molar-refractivity contribution in [3.63, 3.8) is 0 Å². The first-order valence-corrected chi connectivity index (χ1v) is 7.77. The SMILES string of the molecule is CCC(CC)OC1C=C(C)CC(N=C(C)N)C1NC(C)=O. The highest BCUT2D eigenvalue weighted by atomic mass is 16.5. The molecule has 1 aliphatic rings. The minimum atomic E-state index is -0.162. The predicted molar refractivity (Wildman–Crippen MR) is 86.3 cm³/mol. The molecule has 21 heavy (non-hydrogen) atoms. The molecule has 3 atom stereocenters. The third kappa shape index (κ3) is 5.50. The van der Waals surface area contributed by atoms with Gasteiger partial charge >= 0.3 is 0 Å². The average molecular weight is 295 g/mol. The molecule has 0 radical (unpaired) electrons. The van der Waals surface area contributed by atoms with E-state index in [2.05, 4.69) is 37.2 Å². The number of rotatable bonds is 6. The highest BCUT2D eigenvalue weighted by Crippen LogP contribution is 2.25. The Bertz CT molecular complexity index is 410. The highest BCUT2D eigenvalue weighted by Gasteiger charge is 2.34. The molecule has 120 valence electrons. The molecule has 1 amide bonds. The lowest BCUT2D eigenvalue weighted by Crippen LogP contribution is -2.53. The summed E-state index contributed by atoms with van der Waals surface area (Å²) in [5, 5.41) is 2.99. The predicted octanol–water partition coefficient (Wildman–Crippen LogP) is 2.16. The van der Waals surface area contributed by atoms with Gasteiger partial charge in [-0.2, -0.15) is 0 Å². The molecule has 0 bridgehead atoms. The molecule has 0 spiro atoms. The van der Waals surface area contributed by atoms with Gasteiger partial charge in [-0.25, -0.2) is 0 Å². The van der Waals surface area contributed by atoms with Gasteiger partial charge in [-0.1, -0.05) is 25.5 Å². The summed E-state index contributed by atoms with van der Waals surface area (Å²) in [5.74, 6) is 0.465. The molecule has 0 heterocycles. The fourth-order valence-corrected chi connectivity index (χ4v) is 2.76. The van der Waals surface area contributed by atoms with Crippen LogP contribution in [0.2, 0.25) is 0 Å². The zero-order valence-electron chi connectivity index (χ0n) is 13.8. The molecule has 5 nitrogen and oxygen atoms in total. The number of aliphatic imine (C=N–C) groups is 1. The van der Waals surface area contributed by atoms with Crippen molar-refractivity contribution in [3.05, 3.63) is 11.6 Å². The summed E-state index contributed by atoms with van der Waals surface area (Å²) in [6.07, 6.45) is 4.85. The Balaban J connectivity index is 3.01. The van der Waals surface area contributed by atoms with Crippen LogP contribution in [0.25, 0.3) is 0 Å². The van der Waals surface area contributed by atoms with Gasteiger partial charge in [0, 0.05) is 6.92 Å². The molecule has 0 saturated carbocycles. The number of amides is 1. The molecular weight excluding hydrogens is 266 g/mol. The van der Waals surface area contributed by atoms with Gasteiger partial charge in [-0.05, 0) is 33.1 Å². The quantitative estimate of drug-likeness (QED) is 0.448. The fraction of sp³-hybridized carbons (Fsp3) is 0.750. The van der Waals surface area contributed by atoms with E-state index in [-0.39, 0.29) is 30.2 Å². The van der Waals surface area contributed by atoms with Crippen LogP contribution >= 0.6 is 0 Å². The Labute approximate surface area is 128 Å². The lowest BCUT2D eigenvalue weighted by atomic mass is 9.88. The van der Waals surface area contributed by atoms with Crippen LogP contribution < -0.4 is 11.1 Å². The zero-order chi connectivity index (χ0) is 16.0. The van der Waals surface area contributed by atoms with Crippen molar-refractivity contribution in [1.29, 1.82) is 0 Å². The highest BCUT2D eigenvalue weighted by molar-refractivity contribution is 5.78. The molecule has 0 aliphatic heterocycles. The Morgan fingerprint density at radius 3 is 2.57 bits per heavy atom. The van der Waals surface area contributed by atoms with Gasteiger partial charge in [0.05, 0.1) is 30.1 Å². The maximum atomic E-state index is 11.5. The van der Waals surface area contributed by atoms with Crippen LogP contribution in [0.3, 0.4) is 0 Å². The van der Waals surface area contributed by atoms with E-state index in [9.17, 15) is 4.79 Å². The summed E-state index contributed by atoms with van der Waals surface area (Å²) in [6.45, 7) is 9.59. The van der Waals surface area contributed by atoms with Crippen LogP contribution in [0.4, 0.5) is 0 Å². The van der Waals surface area contributed by atoms with E-state index in [1.807, 2.05) is 0 Å². The zero-order valence-corrected chi connectivity index (χ0v) is 13.8. The van der Waals surface area contributed by atoms with Crippen LogP contribution in [0.5, 0.6) is 0 Å². The molecule has 0 aromatic rings. The minimum absolute atomic E-state index is 0.0664. The fourth-order valence-electron chi connectivity index (χ4n) is 2.76. The molecule has 1 aliphatic carbocycles. The van der Waals surface area contributed by atoms with E-state index < -0.39 is 0 Å². The number of hydrogen-bond donors (Lipinski definition) is 2. The summed E-state index contributed by atoms with van der Waals surface area (Å²) in [6, 6.07) is -0.228. The van der Waals surface area contributed by atoms with Crippen LogP contribution in [-0.4, -0.2) is 36.0 Å². The lowest BCUT2D eigenvalue weighted by molar-refractivity contribution is -0.121. The Kier molecular flexibility index (Phi) is 6.89. The first-order valence-electron chi connectivity index (χ1n) is 7.77. The second-order valence-electron chi connectivity index (χ2n) is 5.82. The van der Waals surface area contributed by atoms with Crippen molar-refractivity contribution < 1.29 is 9.53 Å². The van der Waals surface area contributed by atoms with Gasteiger partial charge < -0.3 is 15.8 Å². The summed E-state index contributed by atoms with van der Waals surface area (Å²) in [5.41, 5.74) is 6.96. The van der Waals surface area contributed by atoms with E-state index in [4.69, 9.17) is 10.5 Å². The minimum Gasteiger partial charge on any atom is -0.388 e. The average Bonchev–Trinajstić information content (AvgIpc) is 2.38. The van der Waals surface area contributed by atoms with E-state index in [0.717, 1.165) is 19.3 Å². The Morgan fingerprint density at radius 1 is 1.48 bits per heavy atom. The first kappa shape index (κ1) is 17.7. The number of carbonyl (C=O) groups is 1. The lowest BCUT2D eigenvalue weighted by Gasteiger charge is -2.36. The standard InChI is InChI=1S/C16H29N3O2/c1-6-13(7-2)21-15-9-10(3)8-14(18-11(4)17)16(15)19-12(5)20/h9,13-16H,6-8H2,1-5H3,(H2,17,18)(H,19,20). The summed E-state index contributed by atoms with van der Waals surface area (Å²) >= 11 is 0. The molecule has 3 N–H and O–H groups in total. The third-order valence-electron chi connectivity index (χ3n) is 3.75. The second-order valence-corrected chi connectivity index (χ2v) is 5.82. The van der Waals surface area contributed by atoms with E-state index >= 15 is 0 Å². The third-order valence-corrected chi connectivity index (χ3v) is 3.75.